The van der Waals surface area contributed by atoms with Crippen LogP contribution in [0, 0.1) is 5.92 Å². The third-order valence-corrected chi connectivity index (χ3v) is 8.12. The van der Waals surface area contributed by atoms with E-state index in [1.165, 1.54) is 14.2 Å². The number of epoxide rings is 1. The Balaban J connectivity index is 0.00000259. The Morgan fingerprint density at radius 1 is 0.932 bits per heavy atom. The third kappa shape index (κ3) is 10.7. The molecule has 1 saturated carbocycles. The highest BCUT2D eigenvalue weighted by atomic mass is 16.6. The first-order valence-electron chi connectivity index (χ1n) is 15.8. The van der Waals surface area contributed by atoms with Gasteiger partial charge in [0.05, 0.1) is 46.6 Å². The van der Waals surface area contributed by atoms with E-state index in [1.807, 2.05) is 18.7 Å². The number of nitrogens with one attached hydrogen (secondary N) is 3. The highest BCUT2D eigenvalue weighted by molar-refractivity contribution is 5.96. The molecule has 0 spiro atoms. The lowest BCUT2D eigenvalue weighted by molar-refractivity contribution is -0.133. The molecule has 0 bridgehead atoms. The van der Waals surface area contributed by atoms with Gasteiger partial charge >= 0.3 is 0 Å². The lowest BCUT2D eigenvalue weighted by atomic mass is 9.94. The van der Waals surface area contributed by atoms with Crippen LogP contribution in [0.15, 0.2) is 18.2 Å². The standard InChI is InChI=1S/C30H44N4O8.C2H6/c1-19(31-27(35)17-34-10-12-41-13-11-34)29(37)33-23(15-21-8-9-24(39-2)25(16-21)40-3)30(38)32-22(28(36)26-18-42-26)14-20-6-4-5-7-20;1-2/h8-9,16,19-20,22-23,26H,4-7,10-15,17-18H2,1-3H3,(H,31,35)(H,32,38)(H,33,37);1-2H3. The van der Waals surface area contributed by atoms with Crippen molar-refractivity contribution in [1.82, 2.24) is 20.9 Å². The van der Waals surface area contributed by atoms with E-state index in [0.29, 0.717) is 56.7 Å². The molecule has 0 radical (unpaired) electrons. The Hall–Kier alpha value is -3.22. The number of morpholine rings is 1. The summed E-state index contributed by atoms with van der Waals surface area (Å²) in [6.45, 7) is 8.52. The van der Waals surface area contributed by atoms with E-state index in [-0.39, 0.29) is 24.7 Å². The molecule has 3 fully saturated rings. The normalized spacial score (nSPS) is 20.2. The van der Waals surface area contributed by atoms with Crippen LogP contribution in [-0.4, -0.2) is 106 Å². The average molecular weight is 619 g/mol. The molecular formula is C32H50N4O8. The van der Waals surface area contributed by atoms with Gasteiger partial charge < -0.3 is 34.9 Å². The molecule has 3 N–H and O–H groups in total. The molecule has 3 aliphatic rings. The first-order chi connectivity index (χ1) is 21.3. The van der Waals surface area contributed by atoms with Crippen LogP contribution < -0.4 is 25.4 Å². The van der Waals surface area contributed by atoms with Crippen molar-refractivity contribution in [1.29, 1.82) is 0 Å². The summed E-state index contributed by atoms with van der Waals surface area (Å²) in [5.74, 6) is -0.00282. The number of nitrogens with zero attached hydrogens (tertiary/aromatic N) is 1. The van der Waals surface area contributed by atoms with Crippen LogP contribution in [0.1, 0.15) is 58.4 Å². The summed E-state index contributed by atoms with van der Waals surface area (Å²) in [7, 11) is 3.06. The smallest absolute Gasteiger partial charge is 0.243 e. The second-order valence-corrected chi connectivity index (χ2v) is 11.3. The quantitative estimate of drug-likeness (QED) is 0.250. The van der Waals surface area contributed by atoms with E-state index in [4.69, 9.17) is 18.9 Å². The minimum Gasteiger partial charge on any atom is -0.493 e. The number of benzene rings is 1. The van der Waals surface area contributed by atoms with Crippen LogP contribution in [0.4, 0.5) is 0 Å². The molecule has 44 heavy (non-hydrogen) atoms. The van der Waals surface area contributed by atoms with E-state index in [9.17, 15) is 19.2 Å². The van der Waals surface area contributed by atoms with Crippen LogP contribution >= 0.6 is 0 Å². The largest absolute Gasteiger partial charge is 0.493 e. The number of Topliss-reactive ketones (excluding diaryl/α,β-unsaturated/α-hetero) is 1. The molecule has 2 saturated heterocycles. The number of ether oxygens (including phenoxy) is 4. The fraction of sp³-hybridized carbons (Fsp3) is 0.688. The van der Waals surface area contributed by atoms with Crippen LogP contribution in [0.25, 0.3) is 0 Å². The molecule has 12 heteroatoms. The molecule has 4 atom stereocenters. The van der Waals surface area contributed by atoms with Crippen molar-refractivity contribution in [2.45, 2.75) is 83.5 Å². The van der Waals surface area contributed by atoms with Gasteiger partial charge in [-0.15, -0.1) is 0 Å². The van der Waals surface area contributed by atoms with Gasteiger partial charge in [-0.05, 0) is 37.0 Å². The van der Waals surface area contributed by atoms with Gasteiger partial charge in [0.1, 0.15) is 18.2 Å². The third-order valence-electron chi connectivity index (χ3n) is 8.12. The second-order valence-electron chi connectivity index (χ2n) is 11.3. The van der Waals surface area contributed by atoms with Crippen molar-refractivity contribution in [3.05, 3.63) is 23.8 Å². The first-order valence-corrected chi connectivity index (χ1v) is 15.8. The molecule has 2 aliphatic heterocycles. The van der Waals surface area contributed by atoms with Crippen molar-refractivity contribution >= 4 is 23.5 Å². The van der Waals surface area contributed by atoms with E-state index in [2.05, 4.69) is 16.0 Å². The molecular weight excluding hydrogens is 568 g/mol. The number of hydrogen-bond acceptors (Lipinski definition) is 9. The summed E-state index contributed by atoms with van der Waals surface area (Å²) in [5.41, 5.74) is 0.723. The number of hydrogen-bond donors (Lipinski definition) is 3. The average Bonchev–Trinajstić information content (AvgIpc) is 3.76. The van der Waals surface area contributed by atoms with Gasteiger partial charge in [-0.3, -0.25) is 24.1 Å². The minimum absolute atomic E-state index is 0.129. The molecule has 1 aromatic carbocycles. The zero-order chi connectivity index (χ0) is 32.1. The van der Waals surface area contributed by atoms with Gasteiger partial charge in [-0.25, -0.2) is 0 Å². The Kier molecular flexibility index (Phi) is 14.4. The van der Waals surface area contributed by atoms with Gasteiger partial charge in [-0.1, -0.05) is 45.6 Å². The number of carbonyl (C=O) groups excluding carboxylic acids is 4. The molecule has 0 aromatic heterocycles. The predicted molar refractivity (Wildman–Crippen MR) is 165 cm³/mol. The van der Waals surface area contributed by atoms with Crippen LogP contribution in [0.5, 0.6) is 11.5 Å². The van der Waals surface area contributed by atoms with Gasteiger partial charge in [0.15, 0.2) is 17.3 Å². The van der Waals surface area contributed by atoms with E-state index >= 15 is 0 Å². The zero-order valence-electron chi connectivity index (χ0n) is 26.8. The van der Waals surface area contributed by atoms with Gasteiger partial charge in [0.2, 0.25) is 17.7 Å². The maximum absolute atomic E-state index is 13.7. The van der Waals surface area contributed by atoms with Gasteiger partial charge in [-0.2, -0.15) is 0 Å². The summed E-state index contributed by atoms with van der Waals surface area (Å²) in [4.78, 5) is 54.6. The van der Waals surface area contributed by atoms with E-state index < -0.39 is 36.0 Å². The lowest BCUT2D eigenvalue weighted by Crippen LogP contribution is -2.57. The summed E-state index contributed by atoms with van der Waals surface area (Å²) in [5, 5.41) is 8.47. The van der Waals surface area contributed by atoms with Crippen molar-refractivity contribution in [2.24, 2.45) is 5.92 Å². The molecule has 246 valence electrons. The molecule has 4 rings (SSSR count). The second kappa shape index (κ2) is 17.9. The lowest BCUT2D eigenvalue weighted by Gasteiger charge is -2.27. The van der Waals surface area contributed by atoms with Gasteiger partial charge in [0, 0.05) is 19.5 Å². The van der Waals surface area contributed by atoms with Gasteiger partial charge in [0.25, 0.3) is 0 Å². The Bertz CT molecular complexity index is 1100. The van der Waals surface area contributed by atoms with Crippen molar-refractivity contribution in [2.75, 3.05) is 53.7 Å². The summed E-state index contributed by atoms with van der Waals surface area (Å²) in [6, 6.07) is 2.70. The van der Waals surface area contributed by atoms with Crippen LogP contribution in [0.3, 0.4) is 0 Å². The highest BCUT2D eigenvalue weighted by Crippen LogP contribution is 2.30. The van der Waals surface area contributed by atoms with E-state index in [0.717, 1.165) is 31.2 Å². The molecule has 1 aromatic rings. The summed E-state index contributed by atoms with van der Waals surface area (Å²) < 4.78 is 21.3. The molecule has 2 heterocycles. The Labute approximate surface area is 260 Å². The highest BCUT2D eigenvalue weighted by Gasteiger charge is 2.39. The zero-order valence-corrected chi connectivity index (χ0v) is 26.8. The maximum Gasteiger partial charge on any atom is 0.243 e. The fourth-order valence-corrected chi connectivity index (χ4v) is 5.60. The summed E-state index contributed by atoms with van der Waals surface area (Å²) >= 11 is 0. The molecule has 1 aliphatic carbocycles. The van der Waals surface area contributed by atoms with Crippen molar-refractivity contribution in [3.63, 3.8) is 0 Å². The molecule has 4 unspecified atom stereocenters. The number of carbonyl (C=O) groups is 4. The molecule has 3 amide bonds. The monoisotopic (exact) mass is 618 g/mol. The Morgan fingerprint density at radius 3 is 2.18 bits per heavy atom. The first kappa shape index (κ1) is 35.3. The summed E-state index contributed by atoms with van der Waals surface area (Å²) in [6.07, 6.45) is 4.49. The fourth-order valence-electron chi connectivity index (χ4n) is 5.60. The number of amides is 3. The van der Waals surface area contributed by atoms with Crippen molar-refractivity contribution < 1.29 is 38.1 Å². The van der Waals surface area contributed by atoms with Crippen LogP contribution in [0.2, 0.25) is 0 Å². The van der Waals surface area contributed by atoms with E-state index in [1.54, 1.807) is 25.1 Å². The van der Waals surface area contributed by atoms with Crippen LogP contribution in [-0.2, 0) is 35.1 Å². The maximum atomic E-state index is 13.7. The number of ketones is 1. The number of rotatable bonds is 15. The molecule has 12 nitrogen and oxygen atoms in total. The SMILES string of the molecule is CC.COc1ccc(CC(NC(=O)C(C)NC(=O)CN2CCOCC2)C(=O)NC(CC2CCCC2)C(=O)C2CO2)cc1OC. The topological polar surface area (TPSA) is 148 Å². The Morgan fingerprint density at radius 2 is 1.57 bits per heavy atom. The van der Waals surface area contributed by atoms with Crippen molar-refractivity contribution in [3.8, 4) is 11.5 Å². The number of methoxy groups -OCH3 is 2. The predicted octanol–water partition coefficient (Wildman–Crippen LogP) is 1.63. The minimum atomic E-state index is -1.01.